The van der Waals surface area contributed by atoms with Crippen molar-refractivity contribution < 1.29 is 23.8 Å². The van der Waals surface area contributed by atoms with Gasteiger partial charge in [-0.05, 0) is 55.7 Å². The lowest BCUT2D eigenvalue weighted by molar-refractivity contribution is -0.137. The summed E-state index contributed by atoms with van der Waals surface area (Å²) in [4.78, 5) is 24.7. The zero-order valence-corrected chi connectivity index (χ0v) is 17.5. The van der Waals surface area contributed by atoms with Crippen molar-refractivity contribution in [2.45, 2.75) is 34.2 Å². The number of nitrogens with zero attached hydrogens (tertiary/aromatic N) is 2. The second-order valence-corrected chi connectivity index (χ2v) is 7.57. The van der Waals surface area contributed by atoms with Crippen LogP contribution in [0.3, 0.4) is 0 Å². The second-order valence-electron chi connectivity index (χ2n) is 7.57. The van der Waals surface area contributed by atoms with Crippen LogP contribution in [0.4, 0.5) is 0 Å². The fraction of sp³-hybridized carbons (Fsp3) is 0.348. The summed E-state index contributed by atoms with van der Waals surface area (Å²) in [5.74, 6) is 0.276. The first-order valence-corrected chi connectivity index (χ1v) is 9.68. The van der Waals surface area contributed by atoms with Crippen molar-refractivity contribution in [3.8, 4) is 17.6 Å². The lowest BCUT2D eigenvalue weighted by Gasteiger charge is -2.12. The van der Waals surface area contributed by atoms with Gasteiger partial charge in [-0.25, -0.2) is 4.79 Å². The summed E-state index contributed by atoms with van der Waals surface area (Å²) in [6.07, 6.45) is 1.51. The van der Waals surface area contributed by atoms with E-state index in [1.54, 1.807) is 18.2 Å². The van der Waals surface area contributed by atoms with Gasteiger partial charge in [-0.3, -0.25) is 4.79 Å². The number of rotatable bonds is 7. The van der Waals surface area contributed by atoms with Crippen LogP contribution in [0.25, 0.3) is 6.08 Å². The van der Waals surface area contributed by atoms with Crippen molar-refractivity contribution in [2.75, 3.05) is 13.4 Å². The molecule has 156 valence electrons. The SMILES string of the molecule is Cc1cc(/C=C(\C#N)C(=O)OCC(=O)c2ccc3c(c2)OCO3)c(C)n1CC(C)C. The Morgan fingerprint density at radius 3 is 2.67 bits per heavy atom. The van der Waals surface area contributed by atoms with Crippen LogP contribution < -0.4 is 9.47 Å². The van der Waals surface area contributed by atoms with Crippen LogP contribution >= 0.6 is 0 Å². The highest BCUT2D eigenvalue weighted by atomic mass is 16.7. The molecule has 0 unspecified atom stereocenters. The lowest BCUT2D eigenvalue weighted by Crippen LogP contribution is -2.15. The number of aromatic nitrogens is 1. The quantitative estimate of drug-likeness (QED) is 0.299. The molecular formula is C23H24N2O5. The Kier molecular flexibility index (Phi) is 6.26. The molecule has 7 heteroatoms. The monoisotopic (exact) mass is 408 g/mol. The molecule has 7 nitrogen and oxygen atoms in total. The number of carbonyl (C=O) groups excluding carboxylic acids is 2. The molecule has 1 aliphatic heterocycles. The Labute approximate surface area is 175 Å². The van der Waals surface area contributed by atoms with Gasteiger partial charge in [-0.15, -0.1) is 0 Å². The number of fused-ring (bicyclic) bond motifs is 1. The number of Topliss-reactive ketones (excluding diaryl/α,β-unsaturated/α-hetero) is 1. The van der Waals surface area contributed by atoms with Crippen molar-refractivity contribution in [1.29, 1.82) is 5.26 Å². The van der Waals surface area contributed by atoms with Gasteiger partial charge in [-0.2, -0.15) is 5.26 Å². The van der Waals surface area contributed by atoms with Crippen LogP contribution in [0.1, 0.15) is 41.2 Å². The Balaban J connectivity index is 1.69. The molecule has 0 amide bonds. The Hall–Kier alpha value is -3.53. The first-order valence-electron chi connectivity index (χ1n) is 9.68. The molecule has 0 bridgehead atoms. The van der Waals surface area contributed by atoms with Gasteiger partial charge in [0.2, 0.25) is 6.79 Å². The molecule has 0 N–H and O–H groups in total. The number of ether oxygens (including phenoxy) is 3. The zero-order chi connectivity index (χ0) is 21.8. The van der Waals surface area contributed by atoms with Crippen molar-refractivity contribution in [3.63, 3.8) is 0 Å². The van der Waals surface area contributed by atoms with E-state index >= 15 is 0 Å². The van der Waals surface area contributed by atoms with E-state index in [1.807, 2.05) is 26.0 Å². The van der Waals surface area contributed by atoms with Crippen molar-refractivity contribution >= 4 is 17.8 Å². The van der Waals surface area contributed by atoms with Crippen LogP contribution in [0.15, 0.2) is 29.8 Å². The highest BCUT2D eigenvalue weighted by molar-refractivity contribution is 6.02. The minimum Gasteiger partial charge on any atom is -0.454 e. The number of aryl methyl sites for hydroxylation is 1. The van der Waals surface area contributed by atoms with Crippen molar-refractivity contribution in [1.82, 2.24) is 4.57 Å². The minimum absolute atomic E-state index is 0.107. The topological polar surface area (TPSA) is 90.6 Å². The first kappa shape index (κ1) is 21.2. The molecule has 0 saturated carbocycles. The van der Waals surface area contributed by atoms with Crippen LogP contribution in [-0.2, 0) is 16.1 Å². The maximum absolute atomic E-state index is 12.4. The Morgan fingerprint density at radius 2 is 1.97 bits per heavy atom. The molecular weight excluding hydrogens is 384 g/mol. The number of ketones is 1. The van der Waals surface area contributed by atoms with Gasteiger partial charge in [0, 0.05) is 23.5 Å². The molecule has 0 spiro atoms. The standard InChI is InChI=1S/C23H24N2O5/c1-14(2)11-25-15(3)7-18(16(25)4)8-19(10-24)23(27)28-12-20(26)17-5-6-21-22(9-17)30-13-29-21/h5-9,14H,11-13H2,1-4H3/b19-8+. The summed E-state index contributed by atoms with van der Waals surface area (Å²) in [5, 5.41) is 9.42. The lowest BCUT2D eigenvalue weighted by atomic mass is 10.1. The van der Waals surface area contributed by atoms with Gasteiger partial charge in [0.1, 0.15) is 11.6 Å². The van der Waals surface area contributed by atoms with E-state index in [9.17, 15) is 14.9 Å². The molecule has 1 aromatic heterocycles. The Bertz CT molecular complexity index is 1060. The third-order valence-corrected chi connectivity index (χ3v) is 4.83. The highest BCUT2D eigenvalue weighted by Crippen LogP contribution is 2.32. The van der Waals surface area contributed by atoms with Gasteiger partial charge >= 0.3 is 5.97 Å². The number of hydrogen-bond donors (Lipinski definition) is 0. The summed E-state index contributed by atoms with van der Waals surface area (Å²) in [7, 11) is 0. The van der Waals surface area contributed by atoms with Crippen molar-refractivity contribution in [2.24, 2.45) is 5.92 Å². The summed E-state index contributed by atoms with van der Waals surface area (Å²) in [5.41, 5.74) is 2.99. The third kappa shape index (κ3) is 4.54. The van der Waals surface area contributed by atoms with E-state index in [0.717, 1.165) is 23.5 Å². The highest BCUT2D eigenvalue weighted by Gasteiger charge is 2.19. The van der Waals surface area contributed by atoms with E-state index in [2.05, 4.69) is 18.4 Å². The maximum atomic E-state index is 12.4. The smallest absolute Gasteiger partial charge is 0.349 e. The average Bonchev–Trinajstić information content (AvgIpc) is 3.29. The van der Waals surface area contributed by atoms with E-state index in [1.165, 1.54) is 6.08 Å². The molecule has 1 aromatic carbocycles. The number of nitriles is 1. The normalized spacial score (nSPS) is 12.7. The fourth-order valence-corrected chi connectivity index (χ4v) is 3.27. The predicted octanol–water partition coefficient (Wildman–Crippen LogP) is 3.82. The molecule has 2 heterocycles. The van der Waals surface area contributed by atoms with Gasteiger partial charge in [-0.1, -0.05) is 13.8 Å². The first-order chi connectivity index (χ1) is 14.3. The van der Waals surface area contributed by atoms with E-state index in [0.29, 0.717) is 23.0 Å². The van der Waals surface area contributed by atoms with Gasteiger partial charge in [0.25, 0.3) is 0 Å². The van der Waals surface area contributed by atoms with E-state index in [4.69, 9.17) is 14.2 Å². The minimum atomic E-state index is -0.833. The molecule has 3 rings (SSSR count). The van der Waals surface area contributed by atoms with Crippen LogP contribution in [0, 0.1) is 31.1 Å². The number of hydrogen-bond acceptors (Lipinski definition) is 6. The van der Waals surface area contributed by atoms with Crippen LogP contribution in [0.5, 0.6) is 11.5 Å². The molecule has 0 fully saturated rings. The molecule has 30 heavy (non-hydrogen) atoms. The second kappa shape index (κ2) is 8.87. The summed E-state index contributed by atoms with van der Waals surface area (Å²) in [6.45, 7) is 8.68. The molecule has 2 aromatic rings. The summed E-state index contributed by atoms with van der Waals surface area (Å²) >= 11 is 0. The molecule has 0 aliphatic carbocycles. The Morgan fingerprint density at radius 1 is 1.23 bits per heavy atom. The molecule has 1 aliphatic rings. The summed E-state index contributed by atoms with van der Waals surface area (Å²) < 4.78 is 17.7. The predicted molar refractivity (Wildman–Crippen MR) is 110 cm³/mol. The van der Waals surface area contributed by atoms with Gasteiger partial charge in [0.15, 0.2) is 23.9 Å². The molecule has 0 radical (unpaired) electrons. The number of carbonyl (C=O) groups is 2. The molecule has 0 atom stereocenters. The van der Waals surface area contributed by atoms with Gasteiger partial charge in [0.05, 0.1) is 0 Å². The van der Waals surface area contributed by atoms with Gasteiger partial charge < -0.3 is 18.8 Å². The largest absolute Gasteiger partial charge is 0.454 e. The summed E-state index contributed by atoms with van der Waals surface area (Å²) in [6, 6.07) is 8.56. The number of esters is 1. The average molecular weight is 408 g/mol. The number of benzene rings is 1. The maximum Gasteiger partial charge on any atom is 0.349 e. The zero-order valence-electron chi connectivity index (χ0n) is 17.5. The van der Waals surface area contributed by atoms with Crippen molar-refractivity contribution in [3.05, 3.63) is 52.4 Å². The van der Waals surface area contributed by atoms with Crippen LogP contribution in [0.2, 0.25) is 0 Å². The van der Waals surface area contributed by atoms with E-state index in [-0.39, 0.29) is 12.4 Å². The van der Waals surface area contributed by atoms with Crippen LogP contribution in [-0.4, -0.2) is 29.7 Å². The van der Waals surface area contributed by atoms with E-state index < -0.39 is 18.4 Å². The third-order valence-electron chi connectivity index (χ3n) is 4.83. The molecule has 0 saturated heterocycles. The fourth-order valence-electron chi connectivity index (χ4n) is 3.27.